The number of nitrogens with one attached hydrogen (secondary N) is 2. The lowest BCUT2D eigenvalue weighted by molar-refractivity contribution is 0.603. The maximum atomic E-state index is 12.3. The molecule has 0 amide bonds. The van der Waals surface area contributed by atoms with E-state index in [1.165, 1.54) is 11.3 Å². The predicted octanol–water partition coefficient (Wildman–Crippen LogP) is 2.28. The summed E-state index contributed by atoms with van der Waals surface area (Å²) in [5, 5.41) is 4.83. The van der Waals surface area contributed by atoms with Crippen molar-refractivity contribution in [2.24, 2.45) is 0 Å². The van der Waals surface area contributed by atoms with E-state index in [1.807, 2.05) is 32.3 Å². The molecule has 0 aliphatic carbocycles. The third-order valence-corrected chi connectivity index (χ3v) is 5.46. The van der Waals surface area contributed by atoms with Gasteiger partial charge in [-0.15, -0.1) is 11.3 Å². The van der Waals surface area contributed by atoms with E-state index >= 15 is 0 Å². The maximum absolute atomic E-state index is 12.3. The van der Waals surface area contributed by atoms with Crippen LogP contribution in [0.1, 0.15) is 16.8 Å². The Kier molecular flexibility index (Phi) is 4.42. The van der Waals surface area contributed by atoms with Crippen LogP contribution in [0.25, 0.3) is 0 Å². The van der Waals surface area contributed by atoms with Gasteiger partial charge in [0.1, 0.15) is 10.0 Å². The van der Waals surface area contributed by atoms with Gasteiger partial charge in [-0.05, 0) is 55.6 Å². The second-order valence-corrected chi connectivity index (χ2v) is 7.40. The monoisotopic (exact) mass is 311 g/mol. The van der Waals surface area contributed by atoms with E-state index in [1.54, 1.807) is 12.1 Å². The number of anilines is 1. The summed E-state index contributed by atoms with van der Waals surface area (Å²) in [5.74, 6) is 0.353. The first-order chi connectivity index (χ1) is 9.40. The van der Waals surface area contributed by atoms with Gasteiger partial charge >= 0.3 is 0 Å². The summed E-state index contributed by atoms with van der Waals surface area (Å²) in [6.07, 6.45) is 0. The van der Waals surface area contributed by atoms with Crippen LogP contribution < -0.4 is 10.0 Å². The van der Waals surface area contributed by atoms with Crippen molar-refractivity contribution in [3.8, 4) is 0 Å². The molecule has 2 N–H and O–H groups in total. The van der Waals surface area contributed by atoms with Crippen LogP contribution in [0.4, 0.5) is 5.82 Å². The van der Waals surface area contributed by atoms with Gasteiger partial charge in [-0.2, -0.15) is 0 Å². The maximum Gasteiger partial charge on any atom is 0.272 e. The minimum Gasteiger partial charge on any atom is -0.316 e. The lowest BCUT2D eigenvalue weighted by Crippen LogP contribution is -2.13. The summed E-state index contributed by atoms with van der Waals surface area (Å²) in [7, 11) is -1.74. The predicted molar refractivity (Wildman–Crippen MR) is 81.6 cm³/mol. The lowest BCUT2D eigenvalue weighted by Gasteiger charge is -2.07. The topological polar surface area (TPSA) is 71.1 Å². The first kappa shape index (κ1) is 15.0. The first-order valence-electron chi connectivity index (χ1n) is 6.11. The molecule has 5 nitrogen and oxygen atoms in total. The van der Waals surface area contributed by atoms with Crippen molar-refractivity contribution in [3.63, 3.8) is 0 Å². The number of thiophene rings is 1. The SMILES string of the molecule is CNCc1csc(S(=O)(=O)Nc2cc(C)cc(C)n2)c1. The Morgan fingerprint density at radius 2 is 2.00 bits per heavy atom. The fourth-order valence-electron chi connectivity index (χ4n) is 1.87. The molecule has 0 saturated carbocycles. The Morgan fingerprint density at radius 3 is 2.65 bits per heavy atom. The van der Waals surface area contributed by atoms with E-state index in [-0.39, 0.29) is 0 Å². The summed E-state index contributed by atoms with van der Waals surface area (Å²) in [4.78, 5) is 4.19. The van der Waals surface area contributed by atoms with Crippen molar-refractivity contribution < 1.29 is 8.42 Å². The Hall–Kier alpha value is -1.44. The molecule has 0 aliphatic heterocycles. The third-order valence-electron chi connectivity index (χ3n) is 2.61. The van der Waals surface area contributed by atoms with Crippen molar-refractivity contribution in [2.45, 2.75) is 24.6 Å². The molecule has 0 aliphatic rings. The minimum atomic E-state index is -3.57. The molecule has 108 valence electrons. The van der Waals surface area contributed by atoms with Gasteiger partial charge in [0, 0.05) is 12.2 Å². The number of hydrogen-bond acceptors (Lipinski definition) is 5. The molecule has 0 radical (unpaired) electrons. The zero-order chi connectivity index (χ0) is 14.8. The van der Waals surface area contributed by atoms with E-state index in [0.717, 1.165) is 16.8 Å². The zero-order valence-electron chi connectivity index (χ0n) is 11.6. The summed E-state index contributed by atoms with van der Waals surface area (Å²) >= 11 is 1.21. The average Bonchev–Trinajstić information content (AvgIpc) is 2.76. The Morgan fingerprint density at radius 1 is 1.25 bits per heavy atom. The number of aryl methyl sites for hydroxylation is 2. The van der Waals surface area contributed by atoms with Crippen LogP contribution >= 0.6 is 11.3 Å². The highest BCUT2D eigenvalue weighted by Gasteiger charge is 2.17. The Bertz CT molecular complexity index is 688. The molecular weight excluding hydrogens is 294 g/mol. The molecule has 2 aromatic heterocycles. The standard InChI is InChI=1S/C13H17N3O2S2/c1-9-4-10(2)15-12(5-9)16-20(17,18)13-6-11(7-14-3)8-19-13/h4-6,8,14H,7H2,1-3H3,(H,15,16). The van der Waals surface area contributed by atoms with Gasteiger partial charge in [0.2, 0.25) is 0 Å². The smallest absolute Gasteiger partial charge is 0.272 e. The molecule has 0 aromatic carbocycles. The molecule has 0 atom stereocenters. The highest BCUT2D eigenvalue weighted by atomic mass is 32.2. The second-order valence-electron chi connectivity index (χ2n) is 4.58. The molecule has 7 heteroatoms. The van der Waals surface area contributed by atoms with Crippen LogP contribution in [0.2, 0.25) is 0 Å². The second kappa shape index (κ2) is 5.90. The summed E-state index contributed by atoms with van der Waals surface area (Å²) in [6.45, 7) is 4.39. The lowest BCUT2D eigenvalue weighted by atomic mass is 10.2. The first-order valence-corrected chi connectivity index (χ1v) is 8.47. The van der Waals surface area contributed by atoms with E-state index in [9.17, 15) is 8.42 Å². The number of pyridine rings is 1. The normalized spacial score (nSPS) is 11.6. The summed E-state index contributed by atoms with van der Waals surface area (Å²) in [5.41, 5.74) is 2.70. The van der Waals surface area contributed by atoms with E-state index in [0.29, 0.717) is 16.6 Å². The van der Waals surface area contributed by atoms with Crippen molar-refractivity contribution in [3.05, 3.63) is 40.4 Å². The molecule has 0 unspecified atom stereocenters. The molecule has 2 heterocycles. The fraction of sp³-hybridized carbons (Fsp3) is 0.308. The van der Waals surface area contributed by atoms with Crippen LogP contribution in [-0.2, 0) is 16.6 Å². The molecule has 2 rings (SSSR count). The number of sulfonamides is 1. The minimum absolute atomic E-state index is 0.295. The van der Waals surface area contributed by atoms with Crippen molar-refractivity contribution >= 4 is 27.2 Å². The average molecular weight is 311 g/mol. The highest BCUT2D eigenvalue weighted by molar-refractivity contribution is 7.94. The third kappa shape index (κ3) is 3.56. The van der Waals surface area contributed by atoms with Gasteiger partial charge in [0.25, 0.3) is 10.0 Å². The van der Waals surface area contributed by atoms with Crippen LogP contribution in [-0.4, -0.2) is 20.4 Å². The molecule has 20 heavy (non-hydrogen) atoms. The van der Waals surface area contributed by atoms with Gasteiger partial charge in [-0.3, -0.25) is 4.72 Å². The van der Waals surface area contributed by atoms with Gasteiger partial charge < -0.3 is 5.32 Å². The number of aromatic nitrogens is 1. The van der Waals surface area contributed by atoms with Crippen LogP contribution in [0, 0.1) is 13.8 Å². The van der Waals surface area contributed by atoms with Crippen molar-refractivity contribution in [1.29, 1.82) is 0 Å². The van der Waals surface area contributed by atoms with Crippen molar-refractivity contribution in [1.82, 2.24) is 10.3 Å². The summed E-state index contributed by atoms with van der Waals surface area (Å²) < 4.78 is 27.4. The van der Waals surface area contributed by atoms with Crippen LogP contribution in [0.5, 0.6) is 0 Å². The van der Waals surface area contributed by atoms with E-state index < -0.39 is 10.0 Å². The highest BCUT2D eigenvalue weighted by Crippen LogP contribution is 2.23. The van der Waals surface area contributed by atoms with Gasteiger partial charge in [0.15, 0.2) is 0 Å². The fourth-order valence-corrected chi connectivity index (χ4v) is 4.07. The molecule has 2 aromatic rings. The largest absolute Gasteiger partial charge is 0.316 e. The van der Waals surface area contributed by atoms with Gasteiger partial charge in [-0.25, -0.2) is 13.4 Å². The molecule has 0 saturated heterocycles. The Balaban J connectivity index is 2.25. The van der Waals surface area contributed by atoms with Gasteiger partial charge in [0.05, 0.1) is 0 Å². The number of hydrogen-bond donors (Lipinski definition) is 2. The molecule has 0 bridgehead atoms. The van der Waals surface area contributed by atoms with E-state index in [2.05, 4.69) is 15.0 Å². The van der Waals surface area contributed by atoms with Crippen molar-refractivity contribution in [2.75, 3.05) is 11.8 Å². The number of rotatable bonds is 5. The molecule has 0 spiro atoms. The van der Waals surface area contributed by atoms with E-state index in [4.69, 9.17) is 0 Å². The zero-order valence-corrected chi connectivity index (χ0v) is 13.2. The molecule has 0 fully saturated rings. The van der Waals surface area contributed by atoms with Crippen LogP contribution in [0.15, 0.2) is 27.8 Å². The number of nitrogens with zero attached hydrogens (tertiary/aromatic N) is 1. The molecular formula is C13H17N3O2S2. The summed E-state index contributed by atoms with van der Waals surface area (Å²) in [6, 6.07) is 5.28. The van der Waals surface area contributed by atoms with Gasteiger partial charge in [-0.1, -0.05) is 0 Å². The Labute approximate surface area is 123 Å². The quantitative estimate of drug-likeness (QED) is 0.888. The van der Waals surface area contributed by atoms with Crippen LogP contribution in [0.3, 0.4) is 0 Å².